The van der Waals surface area contributed by atoms with Crippen molar-refractivity contribution < 1.29 is 9.53 Å². The predicted molar refractivity (Wildman–Crippen MR) is 123 cm³/mol. The molecule has 1 fully saturated rings. The summed E-state index contributed by atoms with van der Waals surface area (Å²) in [4.78, 5) is 24.5. The van der Waals surface area contributed by atoms with Gasteiger partial charge in [0.1, 0.15) is 11.6 Å². The van der Waals surface area contributed by atoms with Crippen LogP contribution in [0.15, 0.2) is 55.0 Å². The first-order valence-corrected chi connectivity index (χ1v) is 11.6. The van der Waals surface area contributed by atoms with Gasteiger partial charge in [0.05, 0.1) is 19.3 Å². The van der Waals surface area contributed by atoms with Crippen LogP contribution in [0.2, 0.25) is 0 Å². The number of piperidine rings is 1. The number of imidazole rings is 1. The highest BCUT2D eigenvalue weighted by Gasteiger charge is 2.33. The molecule has 6 heteroatoms. The van der Waals surface area contributed by atoms with E-state index >= 15 is 0 Å². The highest BCUT2D eigenvalue weighted by atomic mass is 16.5. The number of hydrogen-bond acceptors (Lipinski definition) is 4. The Morgan fingerprint density at radius 1 is 1.06 bits per heavy atom. The standard InChI is InChI=1S/C26H30N4O2/c1-32-24-7-4-5-19-8-9-21(17-23(19)24)26(31)29-14-10-20(11-15-29)25-28-13-16-30(25)18-22-6-2-3-12-27-22/h2-7,12-13,16,20-21H,8-11,14-15,17-18H2,1H3. The third-order valence-electron chi connectivity index (χ3n) is 6.99. The fourth-order valence-corrected chi connectivity index (χ4v) is 5.25. The van der Waals surface area contributed by atoms with Gasteiger partial charge in [-0.15, -0.1) is 0 Å². The number of carbonyl (C=O) groups excluding carboxylic acids is 1. The van der Waals surface area contributed by atoms with Crippen LogP contribution in [0.3, 0.4) is 0 Å². The van der Waals surface area contributed by atoms with E-state index in [0.29, 0.717) is 11.8 Å². The first-order chi connectivity index (χ1) is 15.7. The number of carbonyl (C=O) groups is 1. The van der Waals surface area contributed by atoms with Crippen molar-refractivity contribution >= 4 is 5.91 Å². The molecule has 32 heavy (non-hydrogen) atoms. The fourth-order valence-electron chi connectivity index (χ4n) is 5.25. The number of rotatable bonds is 5. The van der Waals surface area contributed by atoms with Crippen molar-refractivity contribution in [3.63, 3.8) is 0 Å². The molecule has 2 aliphatic rings. The van der Waals surface area contributed by atoms with Gasteiger partial charge < -0.3 is 14.2 Å². The molecule has 1 aliphatic heterocycles. The van der Waals surface area contributed by atoms with Crippen molar-refractivity contribution in [2.45, 2.75) is 44.6 Å². The number of fused-ring (bicyclic) bond motifs is 1. The molecule has 6 nitrogen and oxygen atoms in total. The predicted octanol–water partition coefficient (Wildman–Crippen LogP) is 3.85. The Bertz CT molecular complexity index is 1060. The topological polar surface area (TPSA) is 60.2 Å². The molecule has 1 unspecified atom stereocenters. The Kier molecular flexibility index (Phi) is 5.93. The van der Waals surface area contributed by atoms with Crippen LogP contribution in [0.4, 0.5) is 0 Å². The lowest BCUT2D eigenvalue weighted by Crippen LogP contribution is -2.43. The van der Waals surface area contributed by atoms with Crippen LogP contribution in [0.1, 0.15) is 47.8 Å². The van der Waals surface area contributed by atoms with Crippen LogP contribution in [0.5, 0.6) is 5.75 Å². The van der Waals surface area contributed by atoms with Gasteiger partial charge >= 0.3 is 0 Å². The van der Waals surface area contributed by atoms with Crippen LogP contribution < -0.4 is 4.74 Å². The lowest BCUT2D eigenvalue weighted by molar-refractivity contribution is -0.137. The summed E-state index contributed by atoms with van der Waals surface area (Å²) in [6, 6.07) is 12.2. The summed E-state index contributed by atoms with van der Waals surface area (Å²) in [5, 5.41) is 0. The Balaban J connectivity index is 1.21. The number of pyridine rings is 1. The number of nitrogens with zero attached hydrogens (tertiary/aromatic N) is 4. The normalized spacial score (nSPS) is 18.9. The van der Waals surface area contributed by atoms with Crippen LogP contribution in [0.25, 0.3) is 0 Å². The molecule has 3 heterocycles. The molecule has 1 aromatic carbocycles. The smallest absolute Gasteiger partial charge is 0.226 e. The monoisotopic (exact) mass is 430 g/mol. The van der Waals surface area contributed by atoms with Crippen LogP contribution >= 0.6 is 0 Å². The molecule has 0 spiro atoms. The maximum absolute atomic E-state index is 13.3. The molecule has 3 aromatic rings. The zero-order valence-electron chi connectivity index (χ0n) is 18.6. The molecule has 1 aliphatic carbocycles. The molecule has 1 atom stereocenters. The summed E-state index contributed by atoms with van der Waals surface area (Å²) in [6.07, 6.45) is 10.3. The average Bonchev–Trinajstić information content (AvgIpc) is 3.31. The maximum atomic E-state index is 13.3. The molecule has 1 amide bonds. The van der Waals surface area contributed by atoms with Gasteiger partial charge in [-0.2, -0.15) is 0 Å². The van der Waals surface area contributed by atoms with Crippen LogP contribution in [0, 0.1) is 5.92 Å². The molecule has 0 saturated carbocycles. The first-order valence-electron chi connectivity index (χ1n) is 11.6. The van der Waals surface area contributed by atoms with Crippen molar-refractivity contribution in [2.24, 2.45) is 5.92 Å². The maximum Gasteiger partial charge on any atom is 0.226 e. The number of aromatic nitrogens is 3. The van der Waals surface area contributed by atoms with Gasteiger partial charge in [0.25, 0.3) is 0 Å². The van der Waals surface area contributed by atoms with E-state index in [1.165, 1.54) is 11.1 Å². The number of benzene rings is 1. The SMILES string of the molecule is COc1cccc2c1CC(C(=O)N1CCC(c3nccn3Cc3ccccn3)CC1)CC2. The van der Waals surface area contributed by atoms with Crippen LogP contribution in [-0.2, 0) is 24.2 Å². The summed E-state index contributed by atoms with van der Waals surface area (Å²) >= 11 is 0. The molecular formula is C26H30N4O2. The largest absolute Gasteiger partial charge is 0.496 e. The van der Waals surface area contributed by atoms with Gasteiger partial charge in [-0.3, -0.25) is 9.78 Å². The van der Waals surface area contributed by atoms with Crippen molar-refractivity contribution in [2.75, 3.05) is 20.2 Å². The Morgan fingerprint density at radius 2 is 1.94 bits per heavy atom. The third kappa shape index (κ3) is 4.14. The summed E-state index contributed by atoms with van der Waals surface area (Å²) in [5.74, 6) is 2.76. The zero-order chi connectivity index (χ0) is 21.9. The third-order valence-corrected chi connectivity index (χ3v) is 6.99. The Morgan fingerprint density at radius 3 is 2.72 bits per heavy atom. The molecule has 166 valence electrons. The molecule has 0 bridgehead atoms. The molecule has 0 radical (unpaired) electrons. The van der Waals surface area contributed by atoms with Crippen molar-refractivity contribution in [1.82, 2.24) is 19.4 Å². The number of ether oxygens (including phenoxy) is 1. The first kappa shape index (κ1) is 20.7. The second kappa shape index (κ2) is 9.15. The molecule has 0 N–H and O–H groups in total. The fraction of sp³-hybridized carbons (Fsp3) is 0.423. The van der Waals surface area contributed by atoms with Crippen molar-refractivity contribution in [1.29, 1.82) is 0 Å². The van der Waals surface area contributed by atoms with E-state index in [2.05, 4.69) is 25.5 Å². The Labute approximate surface area is 189 Å². The van der Waals surface area contributed by atoms with E-state index < -0.39 is 0 Å². The highest BCUT2D eigenvalue weighted by Crippen LogP contribution is 2.34. The van der Waals surface area contributed by atoms with Gasteiger partial charge in [0, 0.05) is 43.5 Å². The highest BCUT2D eigenvalue weighted by molar-refractivity contribution is 5.80. The van der Waals surface area contributed by atoms with Gasteiger partial charge in [-0.1, -0.05) is 18.2 Å². The minimum absolute atomic E-state index is 0.0569. The van der Waals surface area contributed by atoms with Gasteiger partial charge in [0.15, 0.2) is 0 Å². The minimum atomic E-state index is 0.0569. The zero-order valence-corrected chi connectivity index (χ0v) is 18.6. The number of likely N-dealkylation sites (tertiary alicyclic amines) is 1. The summed E-state index contributed by atoms with van der Waals surface area (Å²) in [6.45, 7) is 2.34. The summed E-state index contributed by atoms with van der Waals surface area (Å²) < 4.78 is 7.76. The van der Waals surface area contributed by atoms with E-state index in [0.717, 1.165) is 69.0 Å². The lowest BCUT2D eigenvalue weighted by atomic mass is 9.82. The quantitative estimate of drug-likeness (QED) is 0.617. The van der Waals surface area contributed by atoms with Gasteiger partial charge in [-0.05, 0) is 61.4 Å². The molecule has 2 aromatic heterocycles. The lowest BCUT2D eigenvalue weighted by Gasteiger charge is -2.35. The number of hydrogen-bond donors (Lipinski definition) is 0. The van der Waals surface area contributed by atoms with E-state index in [4.69, 9.17) is 4.74 Å². The van der Waals surface area contributed by atoms with Crippen LogP contribution in [-0.4, -0.2) is 45.5 Å². The summed E-state index contributed by atoms with van der Waals surface area (Å²) in [7, 11) is 1.71. The minimum Gasteiger partial charge on any atom is -0.496 e. The van der Waals surface area contributed by atoms with Crippen molar-refractivity contribution in [3.05, 3.63) is 77.6 Å². The van der Waals surface area contributed by atoms with E-state index in [1.807, 2.05) is 48.9 Å². The van der Waals surface area contributed by atoms with E-state index in [1.54, 1.807) is 7.11 Å². The van der Waals surface area contributed by atoms with Crippen molar-refractivity contribution in [3.8, 4) is 5.75 Å². The number of methoxy groups -OCH3 is 1. The summed E-state index contributed by atoms with van der Waals surface area (Å²) in [5.41, 5.74) is 3.57. The second-order valence-corrected chi connectivity index (χ2v) is 8.87. The number of aryl methyl sites for hydroxylation is 1. The van der Waals surface area contributed by atoms with E-state index in [-0.39, 0.29) is 5.92 Å². The van der Waals surface area contributed by atoms with E-state index in [9.17, 15) is 4.79 Å². The Hall–Kier alpha value is -3.15. The molecule has 5 rings (SSSR count). The van der Waals surface area contributed by atoms with Gasteiger partial charge in [-0.25, -0.2) is 4.98 Å². The molecular weight excluding hydrogens is 400 g/mol. The number of amides is 1. The average molecular weight is 431 g/mol. The molecule has 1 saturated heterocycles. The second-order valence-electron chi connectivity index (χ2n) is 8.87. The van der Waals surface area contributed by atoms with Gasteiger partial charge in [0.2, 0.25) is 5.91 Å².